The van der Waals surface area contributed by atoms with Crippen molar-refractivity contribution >= 4 is 0 Å². The van der Waals surface area contributed by atoms with Crippen LogP contribution in [0.15, 0.2) is 0 Å². The van der Waals surface area contributed by atoms with E-state index in [0.29, 0.717) is 6.54 Å². The minimum absolute atomic E-state index is 0.0283. The maximum atomic E-state index is 5.88. The average molecular weight is 187 g/mol. The summed E-state index contributed by atoms with van der Waals surface area (Å²) in [6.45, 7) is 8.02. The van der Waals surface area contributed by atoms with E-state index < -0.39 is 0 Å². The van der Waals surface area contributed by atoms with Gasteiger partial charge in [0.05, 0.1) is 5.60 Å². The number of hydrogen-bond acceptors (Lipinski definition) is 2. The van der Waals surface area contributed by atoms with Crippen molar-refractivity contribution in [2.24, 2.45) is 5.73 Å². The van der Waals surface area contributed by atoms with Crippen molar-refractivity contribution in [1.29, 1.82) is 0 Å². The van der Waals surface area contributed by atoms with Crippen LogP contribution >= 0.6 is 0 Å². The average Bonchev–Trinajstić information content (AvgIpc) is 2.15. The van der Waals surface area contributed by atoms with Gasteiger partial charge in [0.25, 0.3) is 0 Å². The van der Waals surface area contributed by atoms with Crippen molar-refractivity contribution in [3.63, 3.8) is 0 Å². The summed E-state index contributed by atoms with van der Waals surface area (Å²) < 4.78 is 5.88. The van der Waals surface area contributed by atoms with Crippen LogP contribution in [-0.2, 0) is 4.74 Å². The highest BCUT2D eigenvalue weighted by Gasteiger charge is 2.26. The number of rotatable bonds is 8. The van der Waals surface area contributed by atoms with E-state index in [4.69, 9.17) is 10.5 Å². The van der Waals surface area contributed by atoms with E-state index in [1.54, 1.807) is 0 Å². The molecule has 0 radical (unpaired) electrons. The van der Waals surface area contributed by atoms with Gasteiger partial charge in [-0.1, -0.05) is 33.6 Å². The Hall–Kier alpha value is -0.0800. The van der Waals surface area contributed by atoms with Gasteiger partial charge in [0.2, 0.25) is 0 Å². The second-order valence-electron chi connectivity index (χ2n) is 3.74. The molecule has 0 saturated heterocycles. The van der Waals surface area contributed by atoms with E-state index in [1.807, 2.05) is 0 Å². The second kappa shape index (κ2) is 7.34. The summed E-state index contributed by atoms with van der Waals surface area (Å²) in [5.41, 5.74) is 5.77. The van der Waals surface area contributed by atoms with Crippen molar-refractivity contribution in [2.75, 3.05) is 13.2 Å². The van der Waals surface area contributed by atoms with Crippen LogP contribution in [0, 0.1) is 0 Å². The SMILES string of the molecule is CCCOC(CN)(CCC)CCC. The molecule has 0 aromatic heterocycles. The summed E-state index contributed by atoms with van der Waals surface area (Å²) in [7, 11) is 0. The van der Waals surface area contributed by atoms with Gasteiger partial charge in [0.15, 0.2) is 0 Å². The van der Waals surface area contributed by atoms with Crippen molar-refractivity contribution < 1.29 is 4.74 Å². The Balaban J connectivity index is 4.07. The van der Waals surface area contributed by atoms with E-state index >= 15 is 0 Å². The summed E-state index contributed by atoms with van der Waals surface area (Å²) >= 11 is 0. The Morgan fingerprint density at radius 1 is 1.00 bits per heavy atom. The molecule has 2 heteroatoms. The van der Waals surface area contributed by atoms with E-state index in [9.17, 15) is 0 Å². The molecule has 0 saturated carbocycles. The molecule has 0 aliphatic rings. The van der Waals surface area contributed by atoms with Gasteiger partial charge < -0.3 is 10.5 Å². The molecule has 80 valence electrons. The van der Waals surface area contributed by atoms with Crippen molar-refractivity contribution in [3.8, 4) is 0 Å². The maximum absolute atomic E-state index is 5.88. The highest BCUT2D eigenvalue weighted by atomic mass is 16.5. The molecule has 2 N–H and O–H groups in total. The first kappa shape index (κ1) is 12.9. The summed E-state index contributed by atoms with van der Waals surface area (Å²) in [6.07, 6.45) is 5.58. The molecule has 0 aromatic rings. The lowest BCUT2D eigenvalue weighted by Gasteiger charge is -2.32. The fourth-order valence-corrected chi connectivity index (χ4v) is 1.76. The molecule has 0 fully saturated rings. The third kappa shape index (κ3) is 4.63. The van der Waals surface area contributed by atoms with E-state index in [2.05, 4.69) is 20.8 Å². The molecule has 0 rings (SSSR count). The predicted molar refractivity (Wildman–Crippen MR) is 57.8 cm³/mol. The number of ether oxygens (including phenoxy) is 1. The zero-order valence-electron chi connectivity index (χ0n) is 9.44. The lowest BCUT2D eigenvalue weighted by atomic mass is 9.92. The molecule has 13 heavy (non-hydrogen) atoms. The minimum atomic E-state index is -0.0283. The number of hydrogen-bond donors (Lipinski definition) is 1. The van der Waals surface area contributed by atoms with Gasteiger partial charge in [-0.05, 0) is 19.3 Å². The van der Waals surface area contributed by atoms with E-state index in [-0.39, 0.29) is 5.60 Å². The lowest BCUT2D eigenvalue weighted by Crippen LogP contribution is -2.40. The molecule has 2 nitrogen and oxygen atoms in total. The first-order valence-corrected chi connectivity index (χ1v) is 5.58. The monoisotopic (exact) mass is 187 g/mol. The van der Waals surface area contributed by atoms with Gasteiger partial charge >= 0.3 is 0 Å². The van der Waals surface area contributed by atoms with Gasteiger partial charge in [-0.2, -0.15) is 0 Å². The Morgan fingerprint density at radius 3 is 1.85 bits per heavy atom. The van der Waals surface area contributed by atoms with Gasteiger partial charge in [-0.15, -0.1) is 0 Å². The molecule has 0 aromatic carbocycles. The molecule has 0 heterocycles. The Bertz CT molecular complexity index is 109. The van der Waals surface area contributed by atoms with Crippen molar-refractivity contribution in [3.05, 3.63) is 0 Å². The maximum Gasteiger partial charge on any atom is 0.0803 e. The first-order valence-electron chi connectivity index (χ1n) is 5.58. The zero-order valence-corrected chi connectivity index (χ0v) is 9.44. The number of nitrogens with two attached hydrogens (primary N) is 1. The Kier molecular flexibility index (Phi) is 7.29. The molecule has 0 amide bonds. The summed E-state index contributed by atoms with van der Waals surface area (Å²) in [6, 6.07) is 0. The van der Waals surface area contributed by atoms with Crippen LogP contribution in [0.2, 0.25) is 0 Å². The Morgan fingerprint density at radius 2 is 1.54 bits per heavy atom. The van der Waals surface area contributed by atoms with E-state index in [1.165, 1.54) is 0 Å². The van der Waals surface area contributed by atoms with E-state index in [0.717, 1.165) is 38.7 Å². The highest BCUT2D eigenvalue weighted by Crippen LogP contribution is 2.23. The predicted octanol–water partition coefficient (Wildman–Crippen LogP) is 2.71. The second-order valence-corrected chi connectivity index (χ2v) is 3.74. The third-order valence-electron chi connectivity index (χ3n) is 2.40. The summed E-state index contributed by atoms with van der Waals surface area (Å²) in [5.74, 6) is 0. The third-order valence-corrected chi connectivity index (χ3v) is 2.40. The van der Waals surface area contributed by atoms with Crippen LogP contribution in [0.25, 0.3) is 0 Å². The van der Waals surface area contributed by atoms with Gasteiger partial charge in [-0.25, -0.2) is 0 Å². The lowest BCUT2D eigenvalue weighted by molar-refractivity contribution is -0.0514. The molecular formula is C11H25NO. The first-order chi connectivity index (χ1) is 6.24. The van der Waals surface area contributed by atoms with Crippen LogP contribution in [0.1, 0.15) is 52.9 Å². The topological polar surface area (TPSA) is 35.2 Å². The summed E-state index contributed by atoms with van der Waals surface area (Å²) in [4.78, 5) is 0. The highest BCUT2D eigenvalue weighted by molar-refractivity contribution is 4.81. The van der Waals surface area contributed by atoms with Crippen LogP contribution in [0.3, 0.4) is 0 Å². The van der Waals surface area contributed by atoms with Crippen molar-refractivity contribution in [1.82, 2.24) is 0 Å². The standard InChI is InChI=1S/C11H25NO/c1-4-7-11(10-12,8-5-2)13-9-6-3/h4-10,12H2,1-3H3. The van der Waals surface area contributed by atoms with Crippen LogP contribution < -0.4 is 5.73 Å². The molecule has 0 bridgehead atoms. The van der Waals surface area contributed by atoms with Crippen LogP contribution in [-0.4, -0.2) is 18.8 Å². The molecule has 0 unspecified atom stereocenters. The van der Waals surface area contributed by atoms with Gasteiger partial charge in [0, 0.05) is 13.2 Å². The minimum Gasteiger partial charge on any atom is -0.374 e. The molecule has 0 spiro atoms. The normalized spacial score (nSPS) is 12.0. The van der Waals surface area contributed by atoms with Crippen molar-refractivity contribution in [2.45, 2.75) is 58.5 Å². The molecule has 0 aliphatic carbocycles. The largest absolute Gasteiger partial charge is 0.374 e. The van der Waals surface area contributed by atoms with Gasteiger partial charge in [-0.3, -0.25) is 0 Å². The van der Waals surface area contributed by atoms with Crippen LogP contribution in [0.4, 0.5) is 0 Å². The Labute approximate surface area is 82.8 Å². The molecule has 0 aliphatic heterocycles. The quantitative estimate of drug-likeness (QED) is 0.634. The van der Waals surface area contributed by atoms with Gasteiger partial charge in [0.1, 0.15) is 0 Å². The zero-order chi connectivity index (χ0) is 10.2. The molecular weight excluding hydrogens is 162 g/mol. The molecule has 0 atom stereocenters. The smallest absolute Gasteiger partial charge is 0.0803 e. The fraction of sp³-hybridized carbons (Fsp3) is 1.00. The van der Waals surface area contributed by atoms with Crippen LogP contribution in [0.5, 0.6) is 0 Å². The summed E-state index contributed by atoms with van der Waals surface area (Å²) in [5, 5.41) is 0. The fourth-order valence-electron chi connectivity index (χ4n) is 1.76.